The van der Waals surface area contributed by atoms with Crippen molar-refractivity contribution in [2.45, 2.75) is 6.42 Å². The maximum Gasteiger partial charge on any atom is 0.162 e. The van der Waals surface area contributed by atoms with Crippen LogP contribution in [0.5, 0.6) is 11.5 Å². The van der Waals surface area contributed by atoms with Gasteiger partial charge in [0.15, 0.2) is 11.5 Å². The topological polar surface area (TPSA) is 55.4 Å². The molecule has 0 radical (unpaired) electrons. The minimum absolute atomic E-state index is 0.677. The van der Waals surface area contributed by atoms with Gasteiger partial charge in [0.1, 0.15) is 0 Å². The lowest BCUT2D eigenvalue weighted by Gasteiger charge is -2.13. The number of aromatic nitrogens is 1. The van der Waals surface area contributed by atoms with Gasteiger partial charge in [-0.3, -0.25) is 4.98 Å². The fourth-order valence-electron chi connectivity index (χ4n) is 3.11. The van der Waals surface area contributed by atoms with Gasteiger partial charge in [-0.05, 0) is 36.2 Å². The third-order valence-electron chi connectivity index (χ3n) is 4.35. The van der Waals surface area contributed by atoms with Gasteiger partial charge in [0, 0.05) is 41.3 Å². The van der Waals surface area contributed by atoms with Crippen LogP contribution in [0.25, 0.3) is 10.9 Å². The fourth-order valence-corrected chi connectivity index (χ4v) is 3.11. The molecule has 5 nitrogen and oxygen atoms in total. The van der Waals surface area contributed by atoms with Gasteiger partial charge in [0.25, 0.3) is 0 Å². The normalized spacial score (nSPS) is 12.6. The van der Waals surface area contributed by atoms with Crippen LogP contribution >= 0.6 is 0 Å². The van der Waals surface area contributed by atoms with E-state index in [1.807, 2.05) is 18.2 Å². The van der Waals surface area contributed by atoms with E-state index in [-0.39, 0.29) is 0 Å². The Bertz CT molecular complexity index is 908. The fraction of sp³-hybridized carbons (Fsp3) is 0.211. The molecule has 0 saturated heterocycles. The predicted molar refractivity (Wildman–Crippen MR) is 96.8 cm³/mol. The minimum atomic E-state index is 0.677. The highest BCUT2D eigenvalue weighted by Gasteiger charge is 2.12. The summed E-state index contributed by atoms with van der Waals surface area (Å²) in [7, 11) is 3.27. The number of nitrogens with one attached hydrogen (secondary N) is 2. The van der Waals surface area contributed by atoms with Crippen LogP contribution in [0, 0.1) is 0 Å². The number of nitrogens with zero attached hydrogens (tertiary/aromatic N) is 1. The van der Waals surface area contributed by atoms with Gasteiger partial charge in [-0.1, -0.05) is 6.07 Å². The molecule has 0 atom stereocenters. The van der Waals surface area contributed by atoms with Crippen LogP contribution in [0.1, 0.15) is 5.56 Å². The molecule has 0 fully saturated rings. The Kier molecular flexibility index (Phi) is 3.61. The van der Waals surface area contributed by atoms with Crippen molar-refractivity contribution in [2.24, 2.45) is 0 Å². The Hall–Kier alpha value is -2.95. The van der Waals surface area contributed by atoms with Crippen LogP contribution in [0.4, 0.5) is 17.1 Å². The number of hydrogen-bond donors (Lipinski definition) is 2. The number of fused-ring (bicyclic) bond motifs is 2. The van der Waals surface area contributed by atoms with Crippen LogP contribution in [-0.4, -0.2) is 25.7 Å². The van der Waals surface area contributed by atoms with Crippen molar-refractivity contribution in [1.29, 1.82) is 0 Å². The van der Waals surface area contributed by atoms with E-state index < -0.39 is 0 Å². The maximum atomic E-state index is 5.42. The minimum Gasteiger partial charge on any atom is -0.493 e. The molecule has 3 aromatic rings. The molecule has 24 heavy (non-hydrogen) atoms. The molecule has 2 aromatic carbocycles. The first-order chi connectivity index (χ1) is 11.8. The van der Waals surface area contributed by atoms with Crippen molar-refractivity contribution < 1.29 is 9.47 Å². The lowest BCUT2D eigenvalue weighted by Crippen LogP contribution is -1.96. The van der Waals surface area contributed by atoms with E-state index in [0.717, 1.165) is 35.2 Å². The molecular formula is C19H19N3O2. The van der Waals surface area contributed by atoms with Crippen molar-refractivity contribution in [1.82, 2.24) is 4.98 Å². The lowest BCUT2D eigenvalue weighted by molar-refractivity contribution is 0.356. The number of anilines is 3. The molecule has 0 unspecified atom stereocenters. The third-order valence-corrected chi connectivity index (χ3v) is 4.35. The van der Waals surface area contributed by atoms with Gasteiger partial charge >= 0.3 is 0 Å². The smallest absolute Gasteiger partial charge is 0.162 e. The summed E-state index contributed by atoms with van der Waals surface area (Å²) in [4.78, 5) is 4.44. The van der Waals surface area contributed by atoms with Gasteiger partial charge in [0.2, 0.25) is 0 Å². The number of rotatable bonds is 4. The first-order valence-corrected chi connectivity index (χ1v) is 7.93. The van der Waals surface area contributed by atoms with E-state index in [9.17, 15) is 0 Å². The van der Waals surface area contributed by atoms with Crippen molar-refractivity contribution in [3.8, 4) is 11.5 Å². The molecule has 5 heteroatoms. The van der Waals surface area contributed by atoms with E-state index in [0.29, 0.717) is 11.5 Å². The molecule has 0 spiro atoms. The monoisotopic (exact) mass is 321 g/mol. The number of hydrogen-bond acceptors (Lipinski definition) is 5. The zero-order valence-corrected chi connectivity index (χ0v) is 13.7. The summed E-state index contributed by atoms with van der Waals surface area (Å²) in [6.07, 6.45) is 2.88. The Morgan fingerprint density at radius 2 is 1.88 bits per heavy atom. The predicted octanol–water partition coefficient (Wildman–Crippen LogP) is 3.96. The summed E-state index contributed by atoms with van der Waals surface area (Å²) in [5.74, 6) is 1.37. The van der Waals surface area contributed by atoms with Gasteiger partial charge in [-0.25, -0.2) is 0 Å². The van der Waals surface area contributed by atoms with E-state index in [4.69, 9.17) is 9.47 Å². The second-order valence-corrected chi connectivity index (χ2v) is 5.76. The molecule has 0 amide bonds. The number of methoxy groups -OCH3 is 2. The highest BCUT2D eigenvalue weighted by atomic mass is 16.5. The van der Waals surface area contributed by atoms with Gasteiger partial charge in [-0.15, -0.1) is 0 Å². The molecule has 0 bridgehead atoms. The quantitative estimate of drug-likeness (QED) is 0.761. The highest BCUT2D eigenvalue weighted by Crippen LogP contribution is 2.36. The summed E-state index contributed by atoms with van der Waals surface area (Å²) in [6.45, 7) is 1.01. The van der Waals surface area contributed by atoms with Gasteiger partial charge < -0.3 is 20.1 Å². The van der Waals surface area contributed by atoms with Crippen LogP contribution in [0.3, 0.4) is 0 Å². The first-order valence-electron chi connectivity index (χ1n) is 7.93. The van der Waals surface area contributed by atoms with Crippen molar-refractivity contribution in [3.63, 3.8) is 0 Å². The molecule has 1 aliphatic heterocycles. The first kappa shape index (κ1) is 14.6. The summed E-state index contributed by atoms with van der Waals surface area (Å²) in [5, 5.41) is 7.89. The van der Waals surface area contributed by atoms with Crippen molar-refractivity contribution in [3.05, 3.63) is 48.2 Å². The van der Waals surface area contributed by atoms with Crippen LogP contribution in [-0.2, 0) is 6.42 Å². The lowest BCUT2D eigenvalue weighted by atomic mass is 10.1. The molecule has 0 saturated carbocycles. The van der Waals surface area contributed by atoms with E-state index in [1.165, 1.54) is 11.3 Å². The zero-order chi connectivity index (χ0) is 16.5. The number of benzene rings is 2. The third kappa shape index (κ3) is 2.48. The summed E-state index contributed by atoms with van der Waals surface area (Å²) >= 11 is 0. The standard InChI is InChI=1S/C19H19N3O2/c1-23-18-10-14-15(6-8-21-17(14)11-19(18)24-2)22-13-4-3-12-5-7-20-16(12)9-13/h3-4,6,8-11,20H,5,7H2,1-2H3,(H,21,22). The molecule has 122 valence electrons. The Morgan fingerprint density at radius 1 is 1.04 bits per heavy atom. The number of ether oxygens (including phenoxy) is 2. The summed E-state index contributed by atoms with van der Waals surface area (Å²) in [5.41, 5.74) is 5.46. The van der Waals surface area contributed by atoms with Crippen molar-refractivity contribution in [2.75, 3.05) is 31.4 Å². The molecule has 1 aromatic heterocycles. The second-order valence-electron chi connectivity index (χ2n) is 5.76. The molecular weight excluding hydrogens is 302 g/mol. The van der Waals surface area contributed by atoms with Crippen LogP contribution in [0.15, 0.2) is 42.6 Å². The van der Waals surface area contributed by atoms with E-state index >= 15 is 0 Å². The van der Waals surface area contributed by atoms with E-state index in [2.05, 4.69) is 33.8 Å². The maximum absolute atomic E-state index is 5.42. The molecule has 4 rings (SSSR count). The largest absolute Gasteiger partial charge is 0.493 e. The second kappa shape index (κ2) is 5.92. The Morgan fingerprint density at radius 3 is 2.71 bits per heavy atom. The number of pyridine rings is 1. The van der Waals surface area contributed by atoms with Crippen molar-refractivity contribution >= 4 is 28.0 Å². The summed E-state index contributed by atoms with van der Waals surface area (Å²) in [6, 6.07) is 12.2. The molecule has 2 heterocycles. The average molecular weight is 321 g/mol. The van der Waals surface area contributed by atoms with E-state index in [1.54, 1.807) is 20.4 Å². The van der Waals surface area contributed by atoms with Crippen LogP contribution < -0.4 is 20.1 Å². The van der Waals surface area contributed by atoms with Gasteiger partial charge in [0.05, 0.1) is 19.7 Å². The Labute approximate surface area is 140 Å². The SMILES string of the molecule is COc1cc2nccc(Nc3ccc4c(c3)NCC4)c2cc1OC. The zero-order valence-electron chi connectivity index (χ0n) is 13.7. The molecule has 2 N–H and O–H groups in total. The van der Waals surface area contributed by atoms with Crippen LogP contribution in [0.2, 0.25) is 0 Å². The Balaban J connectivity index is 1.76. The molecule has 1 aliphatic rings. The van der Waals surface area contributed by atoms with Gasteiger partial charge in [-0.2, -0.15) is 0 Å². The molecule has 0 aliphatic carbocycles. The highest BCUT2D eigenvalue weighted by molar-refractivity contribution is 5.95. The summed E-state index contributed by atoms with van der Waals surface area (Å²) < 4.78 is 10.8. The average Bonchev–Trinajstić information content (AvgIpc) is 3.08.